The van der Waals surface area contributed by atoms with Crippen LogP contribution in [-0.2, 0) is 4.74 Å². The molecule has 1 aromatic heterocycles. The Labute approximate surface area is 137 Å². The van der Waals surface area contributed by atoms with Crippen molar-refractivity contribution in [1.29, 1.82) is 5.26 Å². The van der Waals surface area contributed by atoms with Gasteiger partial charge in [-0.05, 0) is 18.2 Å². The molecule has 0 fully saturated rings. The second-order valence-electron chi connectivity index (χ2n) is 4.52. The minimum absolute atomic E-state index is 0.0132. The van der Waals surface area contributed by atoms with E-state index in [4.69, 9.17) is 27.3 Å². The largest absolute Gasteiger partial charge is 0.464 e. The molecule has 0 atom stereocenters. The van der Waals surface area contributed by atoms with Crippen molar-refractivity contribution in [2.45, 2.75) is 0 Å². The molecule has 2 aromatic rings. The van der Waals surface area contributed by atoms with Gasteiger partial charge in [-0.3, -0.25) is 4.79 Å². The van der Waals surface area contributed by atoms with Crippen LogP contribution in [0.3, 0.4) is 0 Å². The van der Waals surface area contributed by atoms with E-state index in [1.807, 2.05) is 6.07 Å². The summed E-state index contributed by atoms with van der Waals surface area (Å²) in [5, 5.41) is 11.9. The minimum Gasteiger partial charge on any atom is -0.464 e. The van der Waals surface area contributed by atoms with Crippen molar-refractivity contribution in [3.8, 4) is 11.8 Å². The third-order valence-corrected chi connectivity index (χ3v) is 3.56. The second-order valence-corrected chi connectivity index (χ2v) is 4.93. The van der Waals surface area contributed by atoms with Gasteiger partial charge in [0.15, 0.2) is 5.69 Å². The maximum Gasteiger partial charge on any atom is 0.357 e. The van der Waals surface area contributed by atoms with Crippen molar-refractivity contribution in [1.82, 2.24) is 9.88 Å². The molecule has 0 saturated heterocycles. The van der Waals surface area contributed by atoms with Crippen molar-refractivity contribution in [2.24, 2.45) is 0 Å². The summed E-state index contributed by atoms with van der Waals surface area (Å²) < 4.78 is 6.05. The minimum atomic E-state index is -0.717. The summed E-state index contributed by atoms with van der Waals surface area (Å²) in [6, 6.07) is 6.45. The van der Waals surface area contributed by atoms with E-state index in [1.54, 1.807) is 6.07 Å². The number of nitrogens with one attached hydrogen (secondary N) is 1. The van der Waals surface area contributed by atoms with E-state index in [-0.39, 0.29) is 27.9 Å². The number of aromatic nitrogens is 1. The number of anilines is 1. The van der Waals surface area contributed by atoms with Crippen molar-refractivity contribution in [3.05, 3.63) is 46.2 Å². The third kappa shape index (κ3) is 2.84. The summed E-state index contributed by atoms with van der Waals surface area (Å²) in [7, 11) is 2.70. The number of carbonyl (C=O) groups excluding carboxylic acids is 2. The fraction of sp³-hybridized carbons (Fsp3) is 0.133. The molecule has 0 spiro atoms. The summed E-state index contributed by atoms with van der Waals surface area (Å²) in [6.45, 7) is 0. The van der Waals surface area contributed by atoms with Crippen LogP contribution in [0.15, 0.2) is 24.4 Å². The lowest BCUT2D eigenvalue weighted by molar-refractivity contribution is 0.0593. The summed E-state index contributed by atoms with van der Waals surface area (Å²) in [5.74, 6) is -1.03. The molecule has 1 aromatic carbocycles. The highest BCUT2D eigenvalue weighted by atomic mass is 35.5. The van der Waals surface area contributed by atoms with E-state index < -0.39 is 5.97 Å². The maximum absolute atomic E-state index is 12.0. The van der Waals surface area contributed by atoms with Gasteiger partial charge < -0.3 is 20.4 Å². The lowest BCUT2D eigenvalue weighted by atomic mass is 10.2. The molecule has 0 aliphatic heterocycles. The van der Waals surface area contributed by atoms with Crippen molar-refractivity contribution in [3.63, 3.8) is 0 Å². The van der Waals surface area contributed by atoms with E-state index in [9.17, 15) is 9.59 Å². The molecule has 0 aliphatic rings. The first-order valence-electron chi connectivity index (χ1n) is 6.45. The van der Waals surface area contributed by atoms with Gasteiger partial charge in [-0.25, -0.2) is 4.79 Å². The Morgan fingerprint density at radius 1 is 1.43 bits per heavy atom. The smallest absolute Gasteiger partial charge is 0.357 e. The summed E-state index contributed by atoms with van der Waals surface area (Å²) in [6.07, 6.45) is 1.37. The number of benzene rings is 1. The first-order valence-corrected chi connectivity index (χ1v) is 6.83. The fourth-order valence-electron chi connectivity index (χ4n) is 2.09. The lowest BCUT2D eigenvalue weighted by Crippen LogP contribution is -2.18. The third-order valence-electron chi connectivity index (χ3n) is 3.24. The van der Waals surface area contributed by atoms with Crippen molar-refractivity contribution < 1.29 is 14.3 Å². The summed E-state index contributed by atoms with van der Waals surface area (Å²) in [5.41, 5.74) is 6.57. The Bertz CT molecular complexity index is 836. The van der Waals surface area contributed by atoms with Gasteiger partial charge in [0.25, 0.3) is 5.91 Å². The molecule has 0 unspecified atom stereocenters. The Balaban J connectivity index is 2.74. The van der Waals surface area contributed by atoms with Gasteiger partial charge in [-0.2, -0.15) is 5.26 Å². The molecular weight excluding hydrogens is 320 g/mol. The number of nitrogens with two attached hydrogens (primary N) is 1. The molecule has 1 heterocycles. The zero-order valence-electron chi connectivity index (χ0n) is 12.4. The molecule has 118 valence electrons. The van der Waals surface area contributed by atoms with Crippen LogP contribution >= 0.6 is 11.6 Å². The van der Waals surface area contributed by atoms with Crippen LogP contribution in [-0.4, -0.2) is 30.6 Å². The summed E-state index contributed by atoms with van der Waals surface area (Å²) in [4.78, 5) is 23.8. The zero-order valence-corrected chi connectivity index (χ0v) is 13.1. The van der Waals surface area contributed by atoms with Gasteiger partial charge in [0.05, 0.1) is 29.1 Å². The first-order chi connectivity index (χ1) is 10.9. The van der Waals surface area contributed by atoms with Crippen LogP contribution < -0.4 is 11.1 Å². The van der Waals surface area contributed by atoms with Gasteiger partial charge in [0.1, 0.15) is 6.07 Å². The number of hydrogen-bond acceptors (Lipinski definition) is 5. The lowest BCUT2D eigenvalue weighted by Gasteiger charge is -2.11. The van der Waals surface area contributed by atoms with Crippen LogP contribution in [0.25, 0.3) is 5.69 Å². The molecule has 8 heteroatoms. The number of halogens is 1. The van der Waals surface area contributed by atoms with E-state index in [1.165, 1.54) is 37.1 Å². The zero-order chi connectivity index (χ0) is 17.1. The highest BCUT2D eigenvalue weighted by molar-refractivity contribution is 6.32. The molecule has 0 radical (unpaired) electrons. The number of methoxy groups -OCH3 is 1. The molecular formula is C15H13ClN4O3. The number of nitriles is 1. The van der Waals surface area contributed by atoms with Crippen LogP contribution in [0.5, 0.6) is 0 Å². The van der Waals surface area contributed by atoms with Gasteiger partial charge >= 0.3 is 5.97 Å². The number of amides is 1. The molecule has 0 aliphatic carbocycles. The predicted octanol–water partition coefficient (Wildman–Crippen LogP) is 1.73. The normalized spacial score (nSPS) is 10.0. The average molecular weight is 333 g/mol. The molecule has 23 heavy (non-hydrogen) atoms. The highest BCUT2D eigenvalue weighted by Gasteiger charge is 2.23. The Hall–Kier alpha value is -2.98. The molecule has 2 rings (SSSR count). The van der Waals surface area contributed by atoms with Crippen molar-refractivity contribution in [2.75, 3.05) is 19.9 Å². The van der Waals surface area contributed by atoms with E-state index in [0.717, 1.165) is 0 Å². The molecule has 0 bridgehead atoms. The Kier molecular flexibility index (Phi) is 4.57. The molecule has 7 nitrogen and oxygen atoms in total. The molecule has 1 amide bonds. The highest BCUT2D eigenvalue weighted by Crippen LogP contribution is 2.29. The quantitative estimate of drug-likeness (QED) is 0.832. The second kappa shape index (κ2) is 6.42. The van der Waals surface area contributed by atoms with Gasteiger partial charge in [0, 0.05) is 18.8 Å². The number of rotatable bonds is 3. The van der Waals surface area contributed by atoms with Crippen LogP contribution in [0.2, 0.25) is 5.02 Å². The van der Waals surface area contributed by atoms with E-state index in [0.29, 0.717) is 11.3 Å². The Morgan fingerprint density at radius 2 is 2.13 bits per heavy atom. The van der Waals surface area contributed by atoms with Gasteiger partial charge in [-0.15, -0.1) is 0 Å². The topological polar surface area (TPSA) is 110 Å². The predicted molar refractivity (Wildman–Crippen MR) is 84.6 cm³/mol. The van der Waals surface area contributed by atoms with Gasteiger partial charge in [0.2, 0.25) is 0 Å². The maximum atomic E-state index is 12.0. The number of nitrogens with zero attached hydrogens (tertiary/aromatic N) is 2. The average Bonchev–Trinajstić information content (AvgIpc) is 2.90. The summed E-state index contributed by atoms with van der Waals surface area (Å²) >= 11 is 6.17. The SMILES string of the molecule is CNC(=O)c1ccc(Cl)c(-n2cc(C#N)c(N)c2C(=O)OC)c1. The van der Waals surface area contributed by atoms with Crippen LogP contribution in [0, 0.1) is 11.3 Å². The standard InChI is InChI=1S/C15H13ClN4O3/c1-19-14(21)8-3-4-10(16)11(5-8)20-7-9(6-17)12(18)13(20)15(22)23-2/h3-5,7H,18H2,1-2H3,(H,19,21). The first kappa shape index (κ1) is 16.4. The monoisotopic (exact) mass is 332 g/mol. The number of hydrogen-bond donors (Lipinski definition) is 2. The number of esters is 1. The van der Waals surface area contributed by atoms with Crippen LogP contribution in [0.1, 0.15) is 26.4 Å². The van der Waals surface area contributed by atoms with Crippen LogP contribution in [0.4, 0.5) is 5.69 Å². The van der Waals surface area contributed by atoms with Gasteiger partial charge in [-0.1, -0.05) is 11.6 Å². The van der Waals surface area contributed by atoms with E-state index in [2.05, 4.69) is 5.32 Å². The van der Waals surface area contributed by atoms with E-state index >= 15 is 0 Å². The number of carbonyl (C=O) groups is 2. The molecule has 3 N–H and O–H groups in total. The molecule has 0 saturated carbocycles. The number of ether oxygens (including phenoxy) is 1. The fourth-order valence-corrected chi connectivity index (χ4v) is 2.30. The van der Waals surface area contributed by atoms with Crippen molar-refractivity contribution >= 4 is 29.2 Å². The number of nitrogen functional groups attached to an aromatic ring is 1. The Morgan fingerprint density at radius 3 is 2.70 bits per heavy atom.